The summed E-state index contributed by atoms with van der Waals surface area (Å²) in [5.41, 5.74) is 2.07. The predicted molar refractivity (Wildman–Crippen MR) is 128 cm³/mol. The van der Waals surface area contributed by atoms with Gasteiger partial charge in [-0.25, -0.2) is 19.0 Å². The standard InChI is InChI=1S/C23H25Cl2FN6O2/c24-16-5-12-7-27-23(30-19-8-28-32(22(19)25)13-1-2-13)29-18(12)6-15(16)14-3-4-31(9-17(14)26)20-10-34-11-21(20)33/h5-8,13-14,17,20-21,33H,1-4,9-11H2,(H,27,29,30)/t14-,17+,20?,21-/m0/s1. The second-order valence-electron chi connectivity index (χ2n) is 9.35. The third-order valence-electron chi connectivity index (χ3n) is 7.03. The van der Waals surface area contributed by atoms with Crippen LogP contribution in [0.25, 0.3) is 10.9 Å². The Morgan fingerprint density at radius 3 is 2.74 bits per heavy atom. The van der Waals surface area contributed by atoms with E-state index >= 15 is 4.39 Å². The fraction of sp³-hybridized carbons (Fsp3) is 0.522. The van der Waals surface area contributed by atoms with Gasteiger partial charge < -0.3 is 15.2 Å². The Labute approximate surface area is 206 Å². The lowest BCUT2D eigenvalue weighted by atomic mass is 9.86. The van der Waals surface area contributed by atoms with E-state index in [1.807, 2.05) is 15.6 Å². The van der Waals surface area contributed by atoms with Crippen molar-refractivity contribution >= 4 is 45.7 Å². The molecule has 6 rings (SSSR count). The average molecular weight is 507 g/mol. The van der Waals surface area contributed by atoms with Crippen LogP contribution in [0.4, 0.5) is 16.0 Å². The molecule has 3 aromatic rings. The first kappa shape index (κ1) is 22.4. The van der Waals surface area contributed by atoms with Gasteiger partial charge in [0.05, 0.1) is 48.8 Å². The van der Waals surface area contributed by atoms with Crippen molar-refractivity contribution < 1.29 is 14.2 Å². The monoisotopic (exact) mass is 506 g/mol. The molecule has 8 nitrogen and oxygen atoms in total. The molecule has 34 heavy (non-hydrogen) atoms. The Morgan fingerprint density at radius 1 is 1.15 bits per heavy atom. The fourth-order valence-electron chi connectivity index (χ4n) is 5.00. The van der Waals surface area contributed by atoms with Crippen molar-refractivity contribution in [3.63, 3.8) is 0 Å². The first-order valence-corrected chi connectivity index (χ1v) is 12.3. The van der Waals surface area contributed by atoms with E-state index in [0.717, 1.165) is 23.8 Å². The van der Waals surface area contributed by atoms with E-state index in [4.69, 9.17) is 27.9 Å². The van der Waals surface area contributed by atoms with E-state index in [2.05, 4.69) is 20.4 Å². The van der Waals surface area contributed by atoms with Crippen LogP contribution >= 0.6 is 23.2 Å². The molecule has 0 spiro atoms. The Balaban J connectivity index is 1.23. The number of aromatic nitrogens is 4. The molecular weight excluding hydrogens is 482 g/mol. The van der Waals surface area contributed by atoms with Gasteiger partial charge in [-0.05, 0) is 43.5 Å². The van der Waals surface area contributed by atoms with E-state index < -0.39 is 12.3 Å². The highest BCUT2D eigenvalue weighted by atomic mass is 35.5. The van der Waals surface area contributed by atoms with Crippen LogP contribution in [0.5, 0.6) is 0 Å². The van der Waals surface area contributed by atoms with Crippen LogP contribution in [0.15, 0.2) is 24.5 Å². The topological polar surface area (TPSA) is 88.3 Å². The summed E-state index contributed by atoms with van der Waals surface area (Å²) in [5, 5.41) is 19.4. The number of fused-ring (bicyclic) bond motifs is 1. The van der Waals surface area contributed by atoms with Gasteiger partial charge in [-0.1, -0.05) is 23.2 Å². The number of hydrogen-bond donors (Lipinski definition) is 2. The van der Waals surface area contributed by atoms with Crippen molar-refractivity contribution in [2.24, 2.45) is 0 Å². The summed E-state index contributed by atoms with van der Waals surface area (Å²) in [6.07, 6.45) is 4.46. The lowest BCUT2D eigenvalue weighted by molar-refractivity contribution is 0.0353. The smallest absolute Gasteiger partial charge is 0.227 e. The van der Waals surface area contributed by atoms with Gasteiger partial charge in [-0.3, -0.25) is 4.90 Å². The molecule has 2 aliphatic heterocycles. The van der Waals surface area contributed by atoms with Gasteiger partial charge in [0.25, 0.3) is 0 Å². The molecular formula is C23H25Cl2FN6O2. The van der Waals surface area contributed by atoms with Crippen LogP contribution in [-0.2, 0) is 4.74 Å². The van der Waals surface area contributed by atoms with Crippen LogP contribution in [0.2, 0.25) is 10.2 Å². The molecule has 0 radical (unpaired) electrons. The highest BCUT2D eigenvalue weighted by Gasteiger charge is 2.39. The van der Waals surface area contributed by atoms with Crippen LogP contribution in [-0.4, -0.2) is 74.4 Å². The molecule has 0 amide bonds. The number of nitrogens with one attached hydrogen (secondary N) is 1. The van der Waals surface area contributed by atoms with Gasteiger partial charge in [-0.15, -0.1) is 0 Å². The zero-order chi connectivity index (χ0) is 23.4. The van der Waals surface area contributed by atoms with Gasteiger partial charge in [0.15, 0.2) is 5.15 Å². The second-order valence-corrected chi connectivity index (χ2v) is 10.1. The molecule has 2 N–H and O–H groups in total. The van der Waals surface area contributed by atoms with E-state index in [1.165, 1.54) is 0 Å². The maximum absolute atomic E-state index is 15.3. The van der Waals surface area contributed by atoms with Gasteiger partial charge in [0.2, 0.25) is 5.95 Å². The van der Waals surface area contributed by atoms with E-state index in [0.29, 0.717) is 59.5 Å². The molecule has 4 heterocycles. The predicted octanol–water partition coefficient (Wildman–Crippen LogP) is 4.10. The van der Waals surface area contributed by atoms with Crippen molar-refractivity contribution in [2.45, 2.75) is 49.5 Å². The number of anilines is 2. The van der Waals surface area contributed by atoms with Crippen molar-refractivity contribution in [2.75, 3.05) is 31.6 Å². The summed E-state index contributed by atoms with van der Waals surface area (Å²) < 4.78 is 22.5. The minimum Gasteiger partial charge on any atom is -0.389 e. The molecule has 180 valence electrons. The number of alkyl halides is 1. The quantitative estimate of drug-likeness (QED) is 0.538. The molecule has 1 aliphatic carbocycles. The lowest BCUT2D eigenvalue weighted by Gasteiger charge is -2.39. The van der Waals surface area contributed by atoms with Crippen LogP contribution < -0.4 is 5.32 Å². The maximum Gasteiger partial charge on any atom is 0.227 e. The summed E-state index contributed by atoms with van der Waals surface area (Å²) in [7, 11) is 0. The number of rotatable bonds is 5. The van der Waals surface area contributed by atoms with Crippen molar-refractivity contribution in [3.05, 3.63) is 40.3 Å². The molecule has 1 unspecified atom stereocenters. The molecule has 3 fully saturated rings. The number of aliphatic hydroxyl groups excluding tert-OH is 1. The number of hydrogen-bond acceptors (Lipinski definition) is 7. The van der Waals surface area contributed by atoms with E-state index in [1.54, 1.807) is 18.5 Å². The number of nitrogens with zero attached hydrogens (tertiary/aromatic N) is 5. The van der Waals surface area contributed by atoms with Gasteiger partial charge in [0.1, 0.15) is 6.17 Å². The second kappa shape index (κ2) is 8.87. The largest absolute Gasteiger partial charge is 0.389 e. The first-order valence-electron chi connectivity index (χ1n) is 11.6. The number of ether oxygens (including phenoxy) is 1. The third-order valence-corrected chi connectivity index (χ3v) is 7.74. The zero-order valence-electron chi connectivity index (χ0n) is 18.4. The van der Waals surface area contributed by atoms with Gasteiger partial charge in [0, 0.05) is 29.1 Å². The van der Waals surface area contributed by atoms with E-state index in [-0.39, 0.29) is 18.5 Å². The van der Waals surface area contributed by atoms with Gasteiger partial charge in [-0.2, -0.15) is 5.10 Å². The Bertz CT molecular complexity index is 1220. The Morgan fingerprint density at radius 2 is 2.00 bits per heavy atom. The lowest BCUT2D eigenvalue weighted by Crippen LogP contribution is -2.50. The number of likely N-dealkylation sites (tertiary alicyclic amines) is 1. The summed E-state index contributed by atoms with van der Waals surface area (Å²) in [4.78, 5) is 11.0. The highest BCUT2D eigenvalue weighted by Crippen LogP contribution is 2.40. The third kappa shape index (κ3) is 4.13. The van der Waals surface area contributed by atoms with Crippen molar-refractivity contribution in [3.8, 4) is 0 Å². The Kier molecular flexibility index (Phi) is 5.85. The average Bonchev–Trinajstić information content (AvgIpc) is 3.47. The number of piperidine rings is 1. The summed E-state index contributed by atoms with van der Waals surface area (Å²) in [6, 6.07) is 3.88. The van der Waals surface area contributed by atoms with E-state index in [9.17, 15) is 5.11 Å². The normalized spacial score (nSPS) is 28.0. The molecule has 3 aliphatic rings. The number of halogens is 3. The highest BCUT2D eigenvalue weighted by molar-refractivity contribution is 6.32. The minimum absolute atomic E-state index is 0.149. The van der Waals surface area contributed by atoms with Crippen LogP contribution in [0.3, 0.4) is 0 Å². The molecule has 1 saturated carbocycles. The van der Waals surface area contributed by atoms with Crippen LogP contribution in [0, 0.1) is 0 Å². The summed E-state index contributed by atoms with van der Waals surface area (Å²) >= 11 is 13.0. The first-order chi connectivity index (χ1) is 16.5. The SMILES string of the molecule is O[C@H]1COCC1N1CC[C@@H](c2cc3nc(Nc4cnn(C5CC5)c4Cl)ncc3cc2Cl)[C@H](F)C1. The zero-order valence-corrected chi connectivity index (χ0v) is 19.9. The maximum atomic E-state index is 15.3. The minimum atomic E-state index is -1.11. The Hall–Kier alpha value is -2.04. The molecule has 0 bridgehead atoms. The fourth-order valence-corrected chi connectivity index (χ4v) is 5.59. The molecule has 1 aromatic carbocycles. The number of benzene rings is 1. The van der Waals surface area contributed by atoms with Crippen molar-refractivity contribution in [1.82, 2.24) is 24.6 Å². The molecule has 2 aromatic heterocycles. The van der Waals surface area contributed by atoms with Gasteiger partial charge >= 0.3 is 0 Å². The summed E-state index contributed by atoms with van der Waals surface area (Å²) in [5.74, 6) is 0.0464. The van der Waals surface area contributed by atoms with Crippen LogP contribution in [0.1, 0.15) is 36.8 Å². The molecule has 11 heteroatoms. The van der Waals surface area contributed by atoms with Crippen molar-refractivity contribution in [1.29, 1.82) is 0 Å². The molecule has 2 saturated heterocycles. The summed E-state index contributed by atoms with van der Waals surface area (Å²) in [6.45, 7) is 1.65. The molecule has 4 atom stereocenters. The number of aliphatic hydroxyl groups is 1.